The standard InChI is InChI=1S/C15H22N4O/c1-19(9-5-2-6-10-20)11-14-17-13-8-4-3-7-12(13)15(16)18-14/h3-4,7-8,20H,2,5-6,9-11H2,1H3,(H2,16,17,18). The lowest BCUT2D eigenvalue weighted by Gasteiger charge is -2.16. The molecule has 108 valence electrons. The molecular formula is C15H22N4O. The zero-order valence-electron chi connectivity index (χ0n) is 11.9. The molecule has 0 bridgehead atoms. The Labute approximate surface area is 119 Å². The lowest BCUT2D eigenvalue weighted by Crippen LogP contribution is -2.21. The maximum Gasteiger partial charge on any atom is 0.145 e. The summed E-state index contributed by atoms with van der Waals surface area (Å²) in [6.45, 7) is 1.93. The molecule has 0 saturated carbocycles. The molecule has 0 spiro atoms. The first-order valence-electron chi connectivity index (χ1n) is 7.01. The Morgan fingerprint density at radius 2 is 1.95 bits per heavy atom. The number of para-hydroxylation sites is 1. The highest BCUT2D eigenvalue weighted by Crippen LogP contribution is 2.17. The molecule has 5 nitrogen and oxygen atoms in total. The van der Waals surface area contributed by atoms with Gasteiger partial charge >= 0.3 is 0 Å². The Balaban J connectivity index is 1.99. The van der Waals surface area contributed by atoms with Crippen molar-refractivity contribution in [2.24, 2.45) is 0 Å². The fourth-order valence-electron chi connectivity index (χ4n) is 2.21. The monoisotopic (exact) mass is 274 g/mol. The molecule has 5 heteroatoms. The highest BCUT2D eigenvalue weighted by molar-refractivity contribution is 5.87. The number of aromatic nitrogens is 2. The van der Waals surface area contributed by atoms with Gasteiger partial charge in [-0.2, -0.15) is 0 Å². The molecule has 1 aromatic heterocycles. The molecule has 1 aromatic carbocycles. The molecule has 0 atom stereocenters. The summed E-state index contributed by atoms with van der Waals surface area (Å²) in [7, 11) is 2.05. The Bertz CT molecular complexity index is 559. The van der Waals surface area contributed by atoms with E-state index in [2.05, 4.69) is 14.9 Å². The fraction of sp³-hybridized carbons (Fsp3) is 0.467. The van der Waals surface area contributed by atoms with Crippen LogP contribution in [0.5, 0.6) is 0 Å². The van der Waals surface area contributed by atoms with E-state index in [1.165, 1.54) is 0 Å². The van der Waals surface area contributed by atoms with Crippen molar-refractivity contribution in [1.82, 2.24) is 14.9 Å². The summed E-state index contributed by atoms with van der Waals surface area (Å²) in [5, 5.41) is 9.65. The maximum absolute atomic E-state index is 8.75. The number of aliphatic hydroxyl groups is 1. The van der Waals surface area contributed by atoms with Crippen LogP contribution in [0.1, 0.15) is 25.1 Å². The van der Waals surface area contributed by atoms with Gasteiger partial charge in [0.1, 0.15) is 11.6 Å². The summed E-state index contributed by atoms with van der Waals surface area (Å²) in [5.74, 6) is 1.30. The quantitative estimate of drug-likeness (QED) is 0.753. The first kappa shape index (κ1) is 14.7. The Morgan fingerprint density at radius 1 is 1.15 bits per heavy atom. The molecular weight excluding hydrogens is 252 g/mol. The fourth-order valence-corrected chi connectivity index (χ4v) is 2.21. The minimum atomic E-state index is 0.272. The first-order valence-corrected chi connectivity index (χ1v) is 7.01. The molecule has 0 radical (unpaired) electrons. The van der Waals surface area contributed by atoms with Gasteiger partial charge in [0.15, 0.2) is 0 Å². The van der Waals surface area contributed by atoms with E-state index in [0.717, 1.165) is 42.5 Å². The largest absolute Gasteiger partial charge is 0.396 e. The summed E-state index contributed by atoms with van der Waals surface area (Å²) in [6.07, 6.45) is 2.98. The molecule has 20 heavy (non-hydrogen) atoms. The zero-order valence-corrected chi connectivity index (χ0v) is 11.9. The highest BCUT2D eigenvalue weighted by atomic mass is 16.2. The van der Waals surface area contributed by atoms with Crippen molar-refractivity contribution in [3.05, 3.63) is 30.1 Å². The van der Waals surface area contributed by atoms with Crippen molar-refractivity contribution in [2.45, 2.75) is 25.8 Å². The van der Waals surface area contributed by atoms with Gasteiger partial charge in [-0.1, -0.05) is 12.1 Å². The van der Waals surface area contributed by atoms with Gasteiger partial charge < -0.3 is 10.8 Å². The Hall–Kier alpha value is -1.72. The third-order valence-corrected chi connectivity index (χ3v) is 3.29. The number of hydrogen-bond donors (Lipinski definition) is 2. The molecule has 3 N–H and O–H groups in total. The van der Waals surface area contributed by atoms with Crippen LogP contribution in [0.4, 0.5) is 5.82 Å². The number of benzene rings is 1. The van der Waals surface area contributed by atoms with Crippen molar-refractivity contribution in [1.29, 1.82) is 0 Å². The number of nitrogen functional groups attached to an aromatic ring is 1. The summed E-state index contributed by atoms with van der Waals surface area (Å²) in [5.41, 5.74) is 6.87. The molecule has 0 saturated heterocycles. The normalized spacial score (nSPS) is 11.3. The van der Waals surface area contributed by atoms with E-state index < -0.39 is 0 Å². The van der Waals surface area contributed by atoms with Gasteiger partial charge in [0, 0.05) is 12.0 Å². The maximum atomic E-state index is 8.75. The lowest BCUT2D eigenvalue weighted by atomic mass is 10.2. The molecule has 0 aliphatic rings. The van der Waals surface area contributed by atoms with Crippen molar-refractivity contribution < 1.29 is 5.11 Å². The van der Waals surface area contributed by atoms with Gasteiger partial charge in [-0.25, -0.2) is 9.97 Å². The van der Waals surface area contributed by atoms with E-state index in [4.69, 9.17) is 10.8 Å². The van der Waals surface area contributed by atoms with E-state index in [1.807, 2.05) is 31.3 Å². The summed E-state index contributed by atoms with van der Waals surface area (Å²) < 4.78 is 0. The molecule has 0 aliphatic carbocycles. The van der Waals surface area contributed by atoms with Crippen LogP contribution in [0.2, 0.25) is 0 Å². The number of hydrogen-bond acceptors (Lipinski definition) is 5. The zero-order chi connectivity index (χ0) is 14.4. The minimum Gasteiger partial charge on any atom is -0.396 e. The lowest BCUT2D eigenvalue weighted by molar-refractivity contribution is 0.269. The summed E-state index contributed by atoms with van der Waals surface area (Å²) >= 11 is 0. The average molecular weight is 274 g/mol. The second kappa shape index (κ2) is 7.17. The molecule has 2 aromatic rings. The third-order valence-electron chi connectivity index (χ3n) is 3.29. The number of rotatable bonds is 7. The van der Waals surface area contributed by atoms with E-state index >= 15 is 0 Å². The third kappa shape index (κ3) is 3.88. The summed E-state index contributed by atoms with van der Waals surface area (Å²) in [6, 6.07) is 7.79. The number of nitrogens with zero attached hydrogens (tertiary/aromatic N) is 3. The predicted octanol–water partition coefficient (Wildman–Crippen LogP) is 1.81. The topological polar surface area (TPSA) is 75.3 Å². The number of fused-ring (bicyclic) bond motifs is 1. The minimum absolute atomic E-state index is 0.272. The number of nitrogens with two attached hydrogens (primary N) is 1. The van der Waals surface area contributed by atoms with Crippen LogP contribution < -0.4 is 5.73 Å². The Morgan fingerprint density at radius 3 is 2.75 bits per heavy atom. The molecule has 2 rings (SSSR count). The highest BCUT2D eigenvalue weighted by Gasteiger charge is 2.07. The van der Waals surface area contributed by atoms with E-state index in [1.54, 1.807) is 0 Å². The smallest absolute Gasteiger partial charge is 0.145 e. The van der Waals surface area contributed by atoms with Crippen molar-refractivity contribution in [2.75, 3.05) is 25.9 Å². The van der Waals surface area contributed by atoms with Gasteiger partial charge in [0.25, 0.3) is 0 Å². The average Bonchev–Trinajstić information content (AvgIpc) is 2.44. The number of aliphatic hydroxyl groups excluding tert-OH is 1. The van der Waals surface area contributed by atoms with Crippen LogP contribution in [0.25, 0.3) is 10.9 Å². The molecule has 0 unspecified atom stereocenters. The number of unbranched alkanes of at least 4 members (excludes halogenated alkanes) is 2. The van der Waals surface area contributed by atoms with E-state index in [0.29, 0.717) is 12.4 Å². The van der Waals surface area contributed by atoms with Crippen LogP contribution >= 0.6 is 0 Å². The van der Waals surface area contributed by atoms with E-state index in [9.17, 15) is 0 Å². The van der Waals surface area contributed by atoms with Crippen LogP contribution in [-0.2, 0) is 6.54 Å². The SMILES string of the molecule is CN(CCCCCO)Cc1nc(N)c2ccccc2n1. The van der Waals surface area contributed by atoms with Gasteiger partial charge in [-0.15, -0.1) is 0 Å². The predicted molar refractivity (Wildman–Crippen MR) is 81.2 cm³/mol. The van der Waals surface area contributed by atoms with Crippen LogP contribution in [0, 0.1) is 0 Å². The van der Waals surface area contributed by atoms with Gasteiger partial charge in [0.2, 0.25) is 0 Å². The van der Waals surface area contributed by atoms with Gasteiger partial charge in [0.05, 0.1) is 12.1 Å². The van der Waals surface area contributed by atoms with E-state index in [-0.39, 0.29) is 6.61 Å². The van der Waals surface area contributed by atoms with Crippen molar-refractivity contribution >= 4 is 16.7 Å². The van der Waals surface area contributed by atoms with Crippen molar-refractivity contribution in [3.63, 3.8) is 0 Å². The second-order valence-corrected chi connectivity index (χ2v) is 5.06. The molecule has 0 aliphatic heterocycles. The Kier molecular flexibility index (Phi) is 5.26. The van der Waals surface area contributed by atoms with Crippen molar-refractivity contribution in [3.8, 4) is 0 Å². The molecule has 1 heterocycles. The first-order chi connectivity index (χ1) is 9.70. The molecule has 0 amide bonds. The van der Waals surface area contributed by atoms with Crippen LogP contribution in [-0.4, -0.2) is 40.2 Å². The van der Waals surface area contributed by atoms with Crippen LogP contribution in [0.15, 0.2) is 24.3 Å². The number of anilines is 1. The van der Waals surface area contributed by atoms with Gasteiger partial charge in [-0.3, -0.25) is 4.90 Å². The van der Waals surface area contributed by atoms with Gasteiger partial charge in [-0.05, 0) is 45.0 Å². The summed E-state index contributed by atoms with van der Waals surface area (Å²) in [4.78, 5) is 11.1. The molecule has 0 fully saturated rings. The van der Waals surface area contributed by atoms with Crippen LogP contribution in [0.3, 0.4) is 0 Å². The second-order valence-electron chi connectivity index (χ2n) is 5.06.